The molecule has 0 N–H and O–H groups in total. The largest absolute Gasteiger partial charge is 0.465 e. The predicted molar refractivity (Wildman–Crippen MR) is 54.0 cm³/mol. The molecule has 1 unspecified atom stereocenters. The van der Waals surface area contributed by atoms with Crippen LogP contribution < -0.4 is 0 Å². The predicted octanol–water partition coefficient (Wildman–Crippen LogP) is 1.62. The Kier molecular flexibility index (Phi) is 3.81. The second-order valence-corrected chi connectivity index (χ2v) is 3.06. The third-order valence-electron chi connectivity index (χ3n) is 2.00. The summed E-state index contributed by atoms with van der Waals surface area (Å²) in [7, 11) is 0. The van der Waals surface area contributed by atoms with Crippen molar-refractivity contribution < 1.29 is 9.53 Å². The van der Waals surface area contributed by atoms with Crippen LogP contribution in [-0.4, -0.2) is 17.6 Å². The Balaban J connectivity index is 2.79. The van der Waals surface area contributed by atoms with E-state index in [9.17, 15) is 4.79 Å². The topological polar surface area (TPSA) is 63.0 Å². The minimum Gasteiger partial charge on any atom is -0.465 e. The highest BCUT2D eigenvalue weighted by molar-refractivity contribution is 5.77. The standard InChI is InChI=1S/C11H12N2O2/c1-3-15-11(14)8(2)10-5-4-9(6-12)7-13-10/h4-5,7-8H,3H2,1-2H3. The van der Waals surface area contributed by atoms with Gasteiger partial charge in [0.2, 0.25) is 0 Å². The molecule has 1 aromatic heterocycles. The summed E-state index contributed by atoms with van der Waals surface area (Å²) in [6.45, 7) is 3.85. The zero-order valence-corrected chi connectivity index (χ0v) is 8.73. The summed E-state index contributed by atoms with van der Waals surface area (Å²) in [5.74, 6) is -0.688. The van der Waals surface area contributed by atoms with Crippen molar-refractivity contribution in [1.82, 2.24) is 4.98 Å². The van der Waals surface area contributed by atoms with E-state index in [4.69, 9.17) is 10.00 Å². The monoisotopic (exact) mass is 204 g/mol. The Morgan fingerprint density at radius 1 is 1.67 bits per heavy atom. The Labute approximate surface area is 88.5 Å². The fraction of sp³-hybridized carbons (Fsp3) is 0.364. The fourth-order valence-corrected chi connectivity index (χ4v) is 1.12. The van der Waals surface area contributed by atoms with Crippen LogP contribution in [0, 0.1) is 11.3 Å². The number of rotatable bonds is 3. The van der Waals surface area contributed by atoms with Crippen molar-refractivity contribution in [1.29, 1.82) is 5.26 Å². The molecule has 1 atom stereocenters. The maximum absolute atomic E-state index is 11.4. The lowest BCUT2D eigenvalue weighted by Crippen LogP contribution is -2.14. The lowest BCUT2D eigenvalue weighted by Gasteiger charge is -2.09. The molecule has 0 aromatic carbocycles. The van der Waals surface area contributed by atoms with Crippen LogP contribution in [0.5, 0.6) is 0 Å². The van der Waals surface area contributed by atoms with E-state index in [2.05, 4.69) is 4.98 Å². The second-order valence-electron chi connectivity index (χ2n) is 3.06. The molecule has 1 heterocycles. The minimum absolute atomic E-state index is 0.297. The summed E-state index contributed by atoms with van der Waals surface area (Å²) in [6, 6.07) is 5.27. The first-order valence-corrected chi connectivity index (χ1v) is 4.71. The highest BCUT2D eigenvalue weighted by Gasteiger charge is 2.17. The number of carbonyl (C=O) groups excluding carboxylic acids is 1. The van der Waals surface area contributed by atoms with Crippen LogP contribution >= 0.6 is 0 Å². The fourth-order valence-electron chi connectivity index (χ4n) is 1.12. The Morgan fingerprint density at radius 3 is 2.87 bits per heavy atom. The minimum atomic E-state index is -0.391. The van der Waals surface area contributed by atoms with Gasteiger partial charge in [0.1, 0.15) is 6.07 Å². The maximum Gasteiger partial charge on any atom is 0.314 e. The molecule has 0 spiro atoms. The van der Waals surface area contributed by atoms with E-state index in [0.717, 1.165) is 0 Å². The number of pyridine rings is 1. The summed E-state index contributed by atoms with van der Waals surface area (Å²) >= 11 is 0. The van der Waals surface area contributed by atoms with Crippen LogP contribution in [0.4, 0.5) is 0 Å². The highest BCUT2D eigenvalue weighted by atomic mass is 16.5. The van der Waals surface area contributed by atoms with Crippen LogP contribution in [0.1, 0.15) is 31.0 Å². The van der Waals surface area contributed by atoms with Gasteiger partial charge in [-0.3, -0.25) is 9.78 Å². The first-order valence-electron chi connectivity index (χ1n) is 4.71. The average molecular weight is 204 g/mol. The number of ether oxygens (including phenoxy) is 1. The van der Waals surface area contributed by atoms with E-state index in [1.807, 2.05) is 6.07 Å². The summed E-state index contributed by atoms with van der Waals surface area (Å²) < 4.78 is 4.87. The summed E-state index contributed by atoms with van der Waals surface area (Å²) in [4.78, 5) is 15.4. The van der Waals surface area contributed by atoms with Gasteiger partial charge in [0, 0.05) is 6.20 Å². The van der Waals surface area contributed by atoms with Gasteiger partial charge < -0.3 is 4.74 Å². The Hall–Kier alpha value is -1.89. The van der Waals surface area contributed by atoms with Crippen molar-refractivity contribution in [3.8, 4) is 6.07 Å². The van der Waals surface area contributed by atoms with E-state index in [1.165, 1.54) is 6.20 Å². The van der Waals surface area contributed by atoms with E-state index < -0.39 is 5.92 Å². The van der Waals surface area contributed by atoms with E-state index in [0.29, 0.717) is 17.9 Å². The molecule has 0 radical (unpaired) electrons. The number of carbonyl (C=O) groups is 1. The number of esters is 1. The average Bonchev–Trinajstić information content (AvgIpc) is 2.28. The smallest absolute Gasteiger partial charge is 0.314 e. The van der Waals surface area contributed by atoms with Gasteiger partial charge in [-0.2, -0.15) is 5.26 Å². The Morgan fingerprint density at radius 2 is 2.40 bits per heavy atom. The SMILES string of the molecule is CCOC(=O)C(C)c1ccc(C#N)cn1. The highest BCUT2D eigenvalue weighted by Crippen LogP contribution is 2.14. The molecule has 0 aliphatic heterocycles. The lowest BCUT2D eigenvalue weighted by molar-refractivity contribution is -0.144. The van der Waals surface area contributed by atoms with Gasteiger partial charge in [0.15, 0.2) is 0 Å². The van der Waals surface area contributed by atoms with Crippen LogP contribution in [0.2, 0.25) is 0 Å². The van der Waals surface area contributed by atoms with Gasteiger partial charge in [-0.05, 0) is 26.0 Å². The molecule has 1 rings (SSSR count). The zero-order chi connectivity index (χ0) is 11.3. The summed E-state index contributed by atoms with van der Waals surface area (Å²) in [5, 5.41) is 8.58. The molecule has 0 saturated heterocycles. The molecule has 0 saturated carbocycles. The molecule has 0 amide bonds. The Bertz CT molecular complexity index is 379. The number of hydrogen-bond acceptors (Lipinski definition) is 4. The van der Waals surface area contributed by atoms with Crippen molar-refractivity contribution in [3.63, 3.8) is 0 Å². The van der Waals surface area contributed by atoms with Gasteiger partial charge in [-0.25, -0.2) is 0 Å². The molecule has 1 aromatic rings. The number of aromatic nitrogens is 1. The molecule has 0 bridgehead atoms. The van der Waals surface area contributed by atoms with Crippen molar-refractivity contribution in [2.24, 2.45) is 0 Å². The molecular weight excluding hydrogens is 192 g/mol. The van der Waals surface area contributed by atoms with Crippen molar-refractivity contribution in [2.45, 2.75) is 19.8 Å². The van der Waals surface area contributed by atoms with E-state index in [-0.39, 0.29) is 5.97 Å². The first-order chi connectivity index (χ1) is 7.19. The van der Waals surface area contributed by atoms with Crippen LogP contribution in [0.3, 0.4) is 0 Å². The molecule has 4 heteroatoms. The molecule has 0 aliphatic rings. The van der Waals surface area contributed by atoms with Crippen molar-refractivity contribution in [3.05, 3.63) is 29.6 Å². The molecule has 78 valence electrons. The van der Waals surface area contributed by atoms with Crippen LogP contribution in [0.15, 0.2) is 18.3 Å². The van der Waals surface area contributed by atoms with Crippen molar-refractivity contribution >= 4 is 5.97 Å². The molecule has 15 heavy (non-hydrogen) atoms. The molecular formula is C11H12N2O2. The first kappa shape index (κ1) is 11.2. The van der Waals surface area contributed by atoms with Gasteiger partial charge >= 0.3 is 5.97 Å². The number of nitrogens with zero attached hydrogens (tertiary/aromatic N) is 2. The van der Waals surface area contributed by atoms with Gasteiger partial charge in [0.25, 0.3) is 0 Å². The summed E-state index contributed by atoms with van der Waals surface area (Å²) in [5.41, 5.74) is 1.10. The zero-order valence-electron chi connectivity index (χ0n) is 8.73. The normalized spacial score (nSPS) is 11.5. The molecule has 4 nitrogen and oxygen atoms in total. The van der Waals surface area contributed by atoms with Crippen molar-refractivity contribution in [2.75, 3.05) is 6.61 Å². The summed E-state index contributed by atoms with van der Waals surface area (Å²) in [6.07, 6.45) is 1.45. The van der Waals surface area contributed by atoms with Crippen LogP contribution in [-0.2, 0) is 9.53 Å². The third-order valence-corrected chi connectivity index (χ3v) is 2.00. The van der Waals surface area contributed by atoms with Gasteiger partial charge in [-0.1, -0.05) is 0 Å². The molecule has 0 aliphatic carbocycles. The number of nitriles is 1. The van der Waals surface area contributed by atoms with Gasteiger partial charge in [0.05, 0.1) is 23.8 Å². The quantitative estimate of drug-likeness (QED) is 0.702. The van der Waals surface area contributed by atoms with E-state index in [1.54, 1.807) is 26.0 Å². The third kappa shape index (κ3) is 2.78. The van der Waals surface area contributed by atoms with E-state index >= 15 is 0 Å². The molecule has 0 fully saturated rings. The van der Waals surface area contributed by atoms with Crippen LogP contribution in [0.25, 0.3) is 0 Å². The number of hydrogen-bond donors (Lipinski definition) is 0. The lowest BCUT2D eigenvalue weighted by atomic mass is 10.1. The second kappa shape index (κ2) is 5.11. The van der Waals surface area contributed by atoms with Gasteiger partial charge in [-0.15, -0.1) is 0 Å². The maximum atomic E-state index is 11.4.